The Balaban J connectivity index is 0.000000860. The zero-order valence-corrected chi connectivity index (χ0v) is 24.5. The van der Waals surface area contributed by atoms with Gasteiger partial charge in [-0.25, -0.2) is 18.2 Å². The zero-order chi connectivity index (χ0) is 33.1. The number of carbonyl (C=O) groups excluding carboxylic acids is 1. The van der Waals surface area contributed by atoms with Crippen LogP contribution < -0.4 is 30.8 Å². The summed E-state index contributed by atoms with van der Waals surface area (Å²) in [5, 5.41) is 17.5. The fourth-order valence-corrected chi connectivity index (χ4v) is 4.08. The van der Waals surface area contributed by atoms with Crippen LogP contribution in [-0.4, -0.2) is 55.1 Å². The molecule has 0 aliphatic heterocycles. The van der Waals surface area contributed by atoms with Gasteiger partial charge in [-0.2, -0.15) is 13.2 Å². The number of ether oxygens (including phenoxy) is 2. The molecule has 238 valence electrons. The molecule has 13 nitrogen and oxygen atoms in total. The van der Waals surface area contributed by atoms with Crippen molar-refractivity contribution in [3.8, 4) is 11.5 Å². The molecule has 44 heavy (non-hydrogen) atoms. The van der Waals surface area contributed by atoms with E-state index < -0.39 is 34.1 Å². The molecule has 0 bridgehead atoms. The number of hydrazine groups is 1. The topological polar surface area (TPSA) is 206 Å². The summed E-state index contributed by atoms with van der Waals surface area (Å²) in [4.78, 5) is 28.1. The molecule has 1 heterocycles. The van der Waals surface area contributed by atoms with Gasteiger partial charge in [-0.05, 0) is 74.9 Å². The van der Waals surface area contributed by atoms with E-state index in [-0.39, 0.29) is 17.0 Å². The summed E-state index contributed by atoms with van der Waals surface area (Å²) in [5.74, 6) is -2.58. The van der Waals surface area contributed by atoms with Gasteiger partial charge in [0.15, 0.2) is 16.5 Å². The summed E-state index contributed by atoms with van der Waals surface area (Å²) >= 11 is 0. The van der Waals surface area contributed by atoms with Crippen molar-refractivity contribution < 1.29 is 45.8 Å². The summed E-state index contributed by atoms with van der Waals surface area (Å²) in [6.45, 7) is 5.98. The van der Waals surface area contributed by atoms with Crippen molar-refractivity contribution in [1.29, 1.82) is 5.41 Å². The van der Waals surface area contributed by atoms with Crippen molar-refractivity contribution in [2.75, 3.05) is 11.9 Å². The van der Waals surface area contributed by atoms with E-state index >= 15 is 0 Å². The molecule has 0 fully saturated rings. The Morgan fingerprint density at radius 2 is 1.70 bits per heavy atom. The zero-order valence-electron chi connectivity index (χ0n) is 23.7. The van der Waals surface area contributed by atoms with Crippen molar-refractivity contribution in [2.24, 2.45) is 5.73 Å². The van der Waals surface area contributed by atoms with Crippen molar-refractivity contribution >= 4 is 33.4 Å². The number of aromatic nitrogens is 1. The maximum absolute atomic E-state index is 13.3. The van der Waals surface area contributed by atoms with Crippen LogP contribution in [0.15, 0.2) is 71.9 Å². The van der Waals surface area contributed by atoms with Crippen LogP contribution in [0.3, 0.4) is 0 Å². The molecule has 1 unspecified atom stereocenters. The van der Waals surface area contributed by atoms with Gasteiger partial charge in [0.05, 0.1) is 12.7 Å². The molecule has 7 N–H and O–H groups in total. The number of nitrogens with zero attached hydrogens (tertiary/aromatic N) is 1. The third kappa shape index (κ3) is 10.7. The number of alkyl halides is 3. The lowest BCUT2D eigenvalue weighted by molar-refractivity contribution is -0.192. The van der Waals surface area contributed by atoms with Crippen molar-refractivity contribution in [2.45, 2.75) is 44.1 Å². The molecule has 0 saturated heterocycles. The molecule has 0 aliphatic carbocycles. The van der Waals surface area contributed by atoms with Crippen molar-refractivity contribution in [3.63, 3.8) is 0 Å². The first kappa shape index (κ1) is 35.3. The lowest BCUT2D eigenvalue weighted by atomic mass is 10.0. The Morgan fingerprint density at radius 1 is 1.07 bits per heavy atom. The highest BCUT2D eigenvalue weighted by atomic mass is 32.2. The molecule has 17 heteroatoms. The average Bonchev–Trinajstić information content (AvgIpc) is 2.96. The molecule has 0 spiro atoms. The van der Waals surface area contributed by atoms with Gasteiger partial charge in [-0.15, -0.1) is 4.83 Å². The van der Waals surface area contributed by atoms with Crippen LogP contribution in [0.25, 0.3) is 0 Å². The van der Waals surface area contributed by atoms with E-state index in [9.17, 15) is 26.4 Å². The third-order valence-corrected chi connectivity index (χ3v) is 6.36. The molecule has 2 aromatic carbocycles. The Hall–Kier alpha value is -4.90. The number of amides is 1. The first-order valence-corrected chi connectivity index (χ1v) is 14.2. The molecule has 0 aliphatic rings. The number of carbonyl (C=O) groups is 2. The van der Waals surface area contributed by atoms with Crippen LogP contribution in [0.4, 0.5) is 18.9 Å². The van der Waals surface area contributed by atoms with E-state index in [1.807, 2.05) is 20.8 Å². The van der Waals surface area contributed by atoms with Crippen LogP contribution in [0.1, 0.15) is 37.9 Å². The monoisotopic (exact) mass is 640 g/mol. The number of amidine groups is 1. The molecule has 3 rings (SSSR count). The number of sulfonamides is 1. The number of benzene rings is 2. The number of rotatable bonds is 12. The Labute approximate surface area is 251 Å². The minimum Gasteiger partial charge on any atom is -0.490 e. The molecule has 1 aromatic heterocycles. The van der Waals surface area contributed by atoms with Gasteiger partial charge in [0, 0.05) is 17.4 Å². The van der Waals surface area contributed by atoms with Gasteiger partial charge >= 0.3 is 12.1 Å². The number of hydrogen-bond donors (Lipinski definition) is 6. The lowest BCUT2D eigenvalue weighted by Gasteiger charge is -2.22. The lowest BCUT2D eigenvalue weighted by Crippen LogP contribution is -2.45. The fraction of sp³-hybridized carbons (Fsp3) is 0.259. The van der Waals surface area contributed by atoms with Gasteiger partial charge in [-0.1, -0.05) is 12.1 Å². The number of carboxylic acids is 1. The van der Waals surface area contributed by atoms with E-state index in [4.69, 9.17) is 30.5 Å². The normalized spacial score (nSPS) is 11.9. The number of nitrogen functional groups attached to an aromatic ring is 1. The maximum atomic E-state index is 13.3. The first-order valence-electron chi connectivity index (χ1n) is 12.7. The minimum absolute atomic E-state index is 0.0909. The standard InChI is InChI=1S/C25H30N6O5S.C2HF3O2/c1-4-35-21-15-18(10-13-20(21)36-16(2)3)23(29-19-11-8-17(9-12-19)24(26)27)25(32)30-31-37(33,34)22-7-5-6-14-28-22;3-2(4,5)1(6)7/h5-16,23,29,31H,4H2,1-3H3,(H3,26,27)(H,30,32);(H,6,7). The van der Waals surface area contributed by atoms with Gasteiger partial charge < -0.3 is 25.6 Å². The van der Waals surface area contributed by atoms with Crippen LogP contribution in [0, 0.1) is 5.41 Å². The Bertz CT molecular complexity index is 1540. The highest BCUT2D eigenvalue weighted by Gasteiger charge is 2.38. The number of nitrogens with two attached hydrogens (primary N) is 1. The second-order valence-electron chi connectivity index (χ2n) is 8.94. The SMILES string of the molecule is CCOc1cc(C(Nc2ccc(C(=N)N)cc2)C(=O)NNS(=O)(=O)c2ccccn2)ccc1OC(C)C.O=C(O)C(F)(F)F. The fourth-order valence-electron chi connectivity index (χ4n) is 3.28. The van der Waals surface area contributed by atoms with Crippen LogP contribution >= 0.6 is 0 Å². The van der Waals surface area contributed by atoms with Gasteiger partial charge in [0.25, 0.3) is 15.9 Å². The number of nitrogens with one attached hydrogen (secondary N) is 4. The molecule has 0 saturated carbocycles. The number of carboxylic acid groups (broad SMARTS) is 1. The number of halogens is 3. The molecule has 1 amide bonds. The molecule has 3 aromatic rings. The highest BCUT2D eigenvalue weighted by Crippen LogP contribution is 2.33. The highest BCUT2D eigenvalue weighted by molar-refractivity contribution is 7.89. The first-order chi connectivity index (χ1) is 20.5. The predicted molar refractivity (Wildman–Crippen MR) is 154 cm³/mol. The number of pyridine rings is 1. The summed E-state index contributed by atoms with van der Waals surface area (Å²) in [6, 6.07) is 15.0. The van der Waals surface area contributed by atoms with Gasteiger partial charge in [-0.3, -0.25) is 15.6 Å². The van der Waals surface area contributed by atoms with Crippen LogP contribution in [0.5, 0.6) is 11.5 Å². The summed E-state index contributed by atoms with van der Waals surface area (Å²) in [7, 11) is -4.10. The largest absolute Gasteiger partial charge is 0.490 e. The van der Waals surface area contributed by atoms with E-state index in [1.165, 1.54) is 18.3 Å². The van der Waals surface area contributed by atoms with Crippen LogP contribution in [0.2, 0.25) is 0 Å². The van der Waals surface area contributed by atoms with E-state index in [2.05, 4.69) is 20.6 Å². The maximum Gasteiger partial charge on any atom is 0.490 e. The predicted octanol–water partition coefficient (Wildman–Crippen LogP) is 3.35. The molecular formula is C27H31F3N6O7S. The van der Waals surface area contributed by atoms with E-state index in [0.717, 1.165) is 0 Å². The average molecular weight is 641 g/mol. The second kappa shape index (κ2) is 15.5. The molecule has 1 atom stereocenters. The second-order valence-corrected chi connectivity index (χ2v) is 10.6. The van der Waals surface area contributed by atoms with Crippen molar-refractivity contribution in [3.05, 3.63) is 78.0 Å². The summed E-state index contributed by atoms with van der Waals surface area (Å²) in [5.41, 5.74) is 9.34. The number of hydrogen-bond acceptors (Lipinski definition) is 9. The van der Waals surface area contributed by atoms with E-state index in [1.54, 1.807) is 48.5 Å². The number of anilines is 1. The molecular weight excluding hydrogens is 609 g/mol. The summed E-state index contributed by atoms with van der Waals surface area (Å²) in [6.07, 6.45) is -3.84. The van der Waals surface area contributed by atoms with E-state index in [0.29, 0.717) is 34.9 Å². The summed E-state index contributed by atoms with van der Waals surface area (Å²) < 4.78 is 68.4. The minimum atomic E-state index is -5.08. The van der Waals surface area contributed by atoms with Gasteiger partial charge in [0.1, 0.15) is 11.9 Å². The quantitative estimate of drug-likeness (QED) is 0.0967. The Morgan fingerprint density at radius 3 is 2.20 bits per heavy atom. The molecule has 0 radical (unpaired) electrons. The smallest absolute Gasteiger partial charge is 0.490 e. The van der Waals surface area contributed by atoms with Crippen molar-refractivity contribution in [1.82, 2.24) is 15.2 Å². The number of aliphatic carboxylic acids is 1. The van der Waals surface area contributed by atoms with Crippen LogP contribution in [-0.2, 0) is 19.6 Å². The Kier molecular flexibility index (Phi) is 12.5. The van der Waals surface area contributed by atoms with Gasteiger partial charge in [0.2, 0.25) is 0 Å². The third-order valence-electron chi connectivity index (χ3n) is 5.20.